The molecular formula is C13H11BrN2O3S. The van der Waals surface area contributed by atoms with E-state index in [9.17, 15) is 14.9 Å². The van der Waals surface area contributed by atoms with Crippen molar-refractivity contribution in [1.82, 2.24) is 5.32 Å². The van der Waals surface area contributed by atoms with E-state index in [0.29, 0.717) is 12.1 Å². The highest BCUT2D eigenvalue weighted by molar-refractivity contribution is 9.11. The van der Waals surface area contributed by atoms with E-state index in [2.05, 4.69) is 21.2 Å². The number of carbonyl (C=O) groups excluding carboxylic acids is 1. The first-order valence-corrected chi connectivity index (χ1v) is 7.36. The molecule has 0 unspecified atom stereocenters. The topological polar surface area (TPSA) is 72.2 Å². The maximum atomic E-state index is 12.0. The molecular weight excluding hydrogens is 344 g/mol. The summed E-state index contributed by atoms with van der Waals surface area (Å²) in [5.41, 5.74) is 0.781. The minimum atomic E-state index is -0.484. The van der Waals surface area contributed by atoms with Crippen LogP contribution in [0.3, 0.4) is 0 Å². The Labute approximate surface area is 127 Å². The van der Waals surface area contributed by atoms with E-state index in [0.717, 1.165) is 8.66 Å². The van der Waals surface area contributed by atoms with Gasteiger partial charge in [-0.15, -0.1) is 11.3 Å². The number of rotatable bonds is 4. The molecule has 2 aromatic rings. The smallest absolute Gasteiger partial charge is 0.273 e. The summed E-state index contributed by atoms with van der Waals surface area (Å²) in [5, 5.41) is 13.6. The van der Waals surface area contributed by atoms with E-state index in [1.54, 1.807) is 19.1 Å². The zero-order valence-corrected chi connectivity index (χ0v) is 13.0. The van der Waals surface area contributed by atoms with Gasteiger partial charge in [0.15, 0.2) is 0 Å². The third-order valence-corrected chi connectivity index (χ3v) is 4.34. The van der Waals surface area contributed by atoms with Gasteiger partial charge in [-0.25, -0.2) is 0 Å². The molecule has 1 aromatic carbocycles. The van der Waals surface area contributed by atoms with E-state index < -0.39 is 4.92 Å². The molecule has 1 aromatic heterocycles. The van der Waals surface area contributed by atoms with Crippen molar-refractivity contribution < 1.29 is 9.72 Å². The Hall–Kier alpha value is -1.73. The van der Waals surface area contributed by atoms with Crippen LogP contribution < -0.4 is 5.32 Å². The summed E-state index contributed by atoms with van der Waals surface area (Å²) in [6, 6.07) is 8.28. The molecule has 0 saturated carbocycles. The number of benzene rings is 1. The molecule has 0 saturated heterocycles. The molecule has 0 fully saturated rings. The summed E-state index contributed by atoms with van der Waals surface area (Å²) < 4.78 is 0.993. The van der Waals surface area contributed by atoms with Crippen molar-refractivity contribution in [2.75, 3.05) is 0 Å². The lowest BCUT2D eigenvalue weighted by molar-refractivity contribution is -0.385. The van der Waals surface area contributed by atoms with Crippen LogP contribution in [-0.4, -0.2) is 10.8 Å². The molecule has 104 valence electrons. The van der Waals surface area contributed by atoms with Gasteiger partial charge >= 0.3 is 0 Å². The van der Waals surface area contributed by atoms with Crippen molar-refractivity contribution in [2.24, 2.45) is 0 Å². The summed E-state index contributed by atoms with van der Waals surface area (Å²) in [5.74, 6) is -0.322. The molecule has 0 atom stereocenters. The summed E-state index contributed by atoms with van der Waals surface area (Å²) in [4.78, 5) is 23.3. The first-order valence-electron chi connectivity index (χ1n) is 5.75. The minimum absolute atomic E-state index is 0.0449. The number of carbonyl (C=O) groups is 1. The van der Waals surface area contributed by atoms with Crippen LogP contribution in [0.15, 0.2) is 34.1 Å². The van der Waals surface area contributed by atoms with Crippen LogP contribution in [0.25, 0.3) is 0 Å². The van der Waals surface area contributed by atoms with Crippen LogP contribution in [0.4, 0.5) is 5.69 Å². The molecule has 5 nitrogen and oxygen atoms in total. The predicted octanol–water partition coefficient (Wildman–Crippen LogP) is 3.66. The Morgan fingerprint density at radius 3 is 2.75 bits per heavy atom. The van der Waals surface area contributed by atoms with Crippen LogP contribution in [0.5, 0.6) is 0 Å². The Kier molecular flexibility index (Phi) is 4.51. The molecule has 0 aliphatic carbocycles. The van der Waals surface area contributed by atoms with Crippen LogP contribution >= 0.6 is 27.3 Å². The molecule has 2 rings (SSSR count). The van der Waals surface area contributed by atoms with Crippen LogP contribution in [0, 0.1) is 17.0 Å². The summed E-state index contributed by atoms with van der Waals surface area (Å²) in [6.45, 7) is 2.04. The molecule has 0 bridgehead atoms. The Bertz CT molecular complexity index is 669. The Morgan fingerprint density at radius 2 is 2.15 bits per heavy atom. The van der Waals surface area contributed by atoms with E-state index in [4.69, 9.17) is 0 Å². The zero-order chi connectivity index (χ0) is 14.7. The van der Waals surface area contributed by atoms with Crippen molar-refractivity contribution in [2.45, 2.75) is 13.5 Å². The lowest BCUT2D eigenvalue weighted by atomic mass is 10.1. The van der Waals surface area contributed by atoms with E-state index in [1.807, 2.05) is 12.1 Å². The average Bonchev–Trinajstić information content (AvgIpc) is 2.82. The van der Waals surface area contributed by atoms with Crippen LogP contribution in [0.1, 0.15) is 20.8 Å². The Balaban J connectivity index is 2.09. The second-order valence-electron chi connectivity index (χ2n) is 4.15. The van der Waals surface area contributed by atoms with E-state index in [1.165, 1.54) is 17.4 Å². The zero-order valence-electron chi connectivity index (χ0n) is 10.6. The highest BCUT2D eigenvalue weighted by Crippen LogP contribution is 2.22. The molecule has 0 spiro atoms. The fraction of sp³-hybridized carbons (Fsp3) is 0.154. The molecule has 1 heterocycles. The number of hydrogen-bond donors (Lipinski definition) is 1. The number of nitro benzene ring substituents is 1. The maximum Gasteiger partial charge on any atom is 0.273 e. The number of aryl methyl sites for hydroxylation is 1. The highest BCUT2D eigenvalue weighted by atomic mass is 79.9. The van der Waals surface area contributed by atoms with Gasteiger partial charge in [-0.1, -0.05) is 6.07 Å². The van der Waals surface area contributed by atoms with E-state index in [-0.39, 0.29) is 17.2 Å². The first kappa shape index (κ1) is 14.7. The van der Waals surface area contributed by atoms with Crippen molar-refractivity contribution >= 4 is 38.9 Å². The second kappa shape index (κ2) is 6.15. The van der Waals surface area contributed by atoms with Crippen molar-refractivity contribution in [3.05, 3.63) is 60.2 Å². The van der Waals surface area contributed by atoms with Crippen LogP contribution in [0.2, 0.25) is 0 Å². The van der Waals surface area contributed by atoms with Gasteiger partial charge in [-0.3, -0.25) is 14.9 Å². The fourth-order valence-electron chi connectivity index (χ4n) is 1.66. The molecule has 20 heavy (non-hydrogen) atoms. The molecule has 7 heteroatoms. The average molecular weight is 355 g/mol. The van der Waals surface area contributed by atoms with Gasteiger partial charge in [0.1, 0.15) is 0 Å². The lowest BCUT2D eigenvalue weighted by Crippen LogP contribution is -2.22. The van der Waals surface area contributed by atoms with Crippen molar-refractivity contribution in [3.63, 3.8) is 0 Å². The summed E-state index contributed by atoms with van der Waals surface area (Å²) in [6.07, 6.45) is 0. The molecule has 0 aliphatic rings. The number of halogens is 1. The molecule has 1 N–H and O–H groups in total. The fourth-order valence-corrected chi connectivity index (χ4v) is 3.09. The first-order chi connectivity index (χ1) is 9.47. The monoisotopic (exact) mass is 354 g/mol. The van der Waals surface area contributed by atoms with Gasteiger partial charge in [-0.05, 0) is 41.1 Å². The molecule has 0 aliphatic heterocycles. The number of hydrogen-bond acceptors (Lipinski definition) is 4. The SMILES string of the molecule is Cc1ccc(C(=O)NCc2ccc(Br)s2)cc1[N+](=O)[O-]. The standard InChI is InChI=1S/C13H11BrN2O3S/c1-8-2-3-9(6-11(8)16(18)19)13(17)15-7-10-4-5-12(14)20-10/h2-6H,7H2,1H3,(H,15,17). The number of thiophene rings is 1. The van der Waals surface area contributed by atoms with Gasteiger partial charge < -0.3 is 5.32 Å². The summed E-state index contributed by atoms with van der Waals surface area (Å²) in [7, 11) is 0. The van der Waals surface area contributed by atoms with Gasteiger partial charge in [0.25, 0.3) is 11.6 Å². The predicted molar refractivity (Wildman–Crippen MR) is 81.0 cm³/mol. The molecule has 0 radical (unpaired) electrons. The third kappa shape index (κ3) is 3.43. The lowest BCUT2D eigenvalue weighted by Gasteiger charge is -2.04. The normalized spacial score (nSPS) is 10.3. The Morgan fingerprint density at radius 1 is 1.40 bits per heavy atom. The maximum absolute atomic E-state index is 12.0. The van der Waals surface area contributed by atoms with Gasteiger partial charge in [0, 0.05) is 22.1 Å². The van der Waals surface area contributed by atoms with Crippen molar-refractivity contribution in [3.8, 4) is 0 Å². The van der Waals surface area contributed by atoms with Crippen molar-refractivity contribution in [1.29, 1.82) is 0 Å². The third-order valence-electron chi connectivity index (χ3n) is 2.72. The van der Waals surface area contributed by atoms with Gasteiger partial charge in [0.05, 0.1) is 15.3 Å². The van der Waals surface area contributed by atoms with Gasteiger partial charge in [-0.2, -0.15) is 0 Å². The van der Waals surface area contributed by atoms with E-state index >= 15 is 0 Å². The minimum Gasteiger partial charge on any atom is -0.347 e. The number of nitro groups is 1. The van der Waals surface area contributed by atoms with Gasteiger partial charge in [0.2, 0.25) is 0 Å². The summed E-state index contributed by atoms with van der Waals surface area (Å²) >= 11 is 4.88. The number of nitrogens with one attached hydrogen (secondary N) is 1. The highest BCUT2D eigenvalue weighted by Gasteiger charge is 2.14. The largest absolute Gasteiger partial charge is 0.347 e. The quantitative estimate of drug-likeness (QED) is 0.672. The number of nitrogens with zero attached hydrogens (tertiary/aromatic N) is 1. The molecule has 1 amide bonds. The van der Waals surface area contributed by atoms with Crippen LogP contribution in [-0.2, 0) is 6.54 Å². The second-order valence-corrected chi connectivity index (χ2v) is 6.69. The number of amides is 1.